The van der Waals surface area contributed by atoms with E-state index in [9.17, 15) is 4.79 Å². The van der Waals surface area contributed by atoms with Crippen molar-refractivity contribution < 1.29 is 4.79 Å². The maximum atomic E-state index is 12.1. The first-order valence-corrected chi connectivity index (χ1v) is 6.20. The average molecular weight is 300 g/mol. The molecule has 110 valence electrons. The number of hydrogen-bond acceptors (Lipinski definition) is 3. The summed E-state index contributed by atoms with van der Waals surface area (Å²) in [5.74, 6) is 0.500. The van der Waals surface area contributed by atoms with Crippen molar-refractivity contribution >= 4 is 30.7 Å². The minimum atomic E-state index is -0.0260. The van der Waals surface area contributed by atoms with Gasteiger partial charge in [0.15, 0.2) is 0 Å². The molecule has 4 nitrogen and oxygen atoms in total. The number of piperidine rings is 1. The van der Waals surface area contributed by atoms with Crippen LogP contribution < -0.4 is 10.6 Å². The number of amides is 1. The monoisotopic (exact) mass is 299 g/mol. The van der Waals surface area contributed by atoms with Crippen LogP contribution in [-0.4, -0.2) is 50.1 Å². The zero-order valence-electron chi connectivity index (χ0n) is 11.7. The Morgan fingerprint density at radius 2 is 1.94 bits per heavy atom. The molecule has 0 saturated carbocycles. The lowest BCUT2D eigenvalue weighted by Crippen LogP contribution is -2.53. The lowest BCUT2D eigenvalue weighted by Gasteiger charge is -2.30. The highest BCUT2D eigenvalue weighted by molar-refractivity contribution is 5.85. The second-order valence-electron chi connectivity index (χ2n) is 5.20. The van der Waals surface area contributed by atoms with Crippen LogP contribution in [0, 0.1) is 5.92 Å². The highest BCUT2D eigenvalue weighted by Gasteiger charge is 2.26. The molecular weight excluding hydrogens is 273 g/mol. The molecule has 1 aliphatic rings. The van der Waals surface area contributed by atoms with Gasteiger partial charge in [0.1, 0.15) is 0 Å². The van der Waals surface area contributed by atoms with E-state index in [0.29, 0.717) is 12.0 Å². The van der Waals surface area contributed by atoms with Crippen LogP contribution in [0.2, 0.25) is 0 Å². The Bertz CT molecular complexity index is 223. The van der Waals surface area contributed by atoms with Crippen LogP contribution in [0.1, 0.15) is 26.7 Å². The molecule has 2 N–H and O–H groups in total. The Labute approximate surface area is 123 Å². The van der Waals surface area contributed by atoms with Gasteiger partial charge >= 0.3 is 0 Å². The predicted octanol–water partition coefficient (Wildman–Crippen LogP) is 1.28. The van der Waals surface area contributed by atoms with Gasteiger partial charge in [0.05, 0.1) is 6.04 Å². The van der Waals surface area contributed by atoms with Crippen molar-refractivity contribution in [2.24, 2.45) is 5.92 Å². The summed E-state index contributed by atoms with van der Waals surface area (Å²) in [7, 11) is 3.92. The van der Waals surface area contributed by atoms with E-state index in [1.54, 1.807) is 0 Å². The van der Waals surface area contributed by atoms with Crippen LogP contribution in [0.5, 0.6) is 0 Å². The minimum absolute atomic E-state index is 0. The zero-order chi connectivity index (χ0) is 12.1. The molecule has 0 aromatic heterocycles. The summed E-state index contributed by atoms with van der Waals surface area (Å²) >= 11 is 0. The first-order valence-electron chi connectivity index (χ1n) is 6.20. The van der Waals surface area contributed by atoms with Gasteiger partial charge in [-0.25, -0.2) is 0 Å². The summed E-state index contributed by atoms with van der Waals surface area (Å²) in [5, 5.41) is 6.45. The van der Waals surface area contributed by atoms with E-state index in [2.05, 4.69) is 24.5 Å². The smallest absolute Gasteiger partial charge is 0.237 e. The fourth-order valence-electron chi connectivity index (χ4n) is 2.40. The summed E-state index contributed by atoms with van der Waals surface area (Å²) in [4.78, 5) is 14.1. The molecule has 0 spiro atoms. The van der Waals surface area contributed by atoms with Gasteiger partial charge in [0.25, 0.3) is 0 Å². The van der Waals surface area contributed by atoms with Crippen molar-refractivity contribution in [1.82, 2.24) is 15.5 Å². The lowest BCUT2D eigenvalue weighted by molar-refractivity contribution is -0.127. The highest BCUT2D eigenvalue weighted by atomic mass is 35.5. The molecule has 0 aromatic rings. The molecule has 0 bridgehead atoms. The van der Waals surface area contributed by atoms with Crippen LogP contribution in [0.15, 0.2) is 0 Å². The minimum Gasteiger partial charge on any atom is -0.351 e. The number of halogens is 2. The normalized spacial score (nSPS) is 20.9. The van der Waals surface area contributed by atoms with Gasteiger partial charge in [-0.15, -0.1) is 24.8 Å². The molecule has 1 heterocycles. The van der Waals surface area contributed by atoms with Gasteiger partial charge in [0, 0.05) is 12.6 Å². The second kappa shape index (κ2) is 9.84. The maximum Gasteiger partial charge on any atom is 0.237 e. The van der Waals surface area contributed by atoms with E-state index < -0.39 is 0 Å². The fraction of sp³-hybridized carbons (Fsp3) is 0.917. The Hall–Kier alpha value is -0.0300. The summed E-state index contributed by atoms with van der Waals surface area (Å²) in [6.07, 6.45) is 2.25. The van der Waals surface area contributed by atoms with Crippen molar-refractivity contribution in [2.45, 2.75) is 38.8 Å². The summed E-state index contributed by atoms with van der Waals surface area (Å²) in [6.45, 7) is 6.16. The van der Waals surface area contributed by atoms with Gasteiger partial charge in [-0.3, -0.25) is 9.69 Å². The molecule has 2 atom stereocenters. The van der Waals surface area contributed by atoms with Crippen molar-refractivity contribution in [1.29, 1.82) is 0 Å². The fourth-order valence-corrected chi connectivity index (χ4v) is 2.40. The number of rotatable bonds is 4. The third-order valence-electron chi connectivity index (χ3n) is 3.10. The standard InChI is InChI=1S/C12H25N3O.2ClH/c1-9(2)11(15(3)4)12(16)14-10-6-5-7-13-8-10;;/h9-11,13H,5-8H2,1-4H3,(H,14,16);2*1H/t10-,11?;;/m0../s1. The van der Waals surface area contributed by atoms with E-state index in [1.165, 1.54) is 0 Å². The number of nitrogens with zero attached hydrogens (tertiary/aromatic N) is 1. The van der Waals surface area contributed by atoms with Gasteiger partial charge in [-0.05, 0) is 39.4 Å². The highest BCUT2D eigenvalue weighted by Crippen LogP contribution is 2.09. The van der Waals surface area contributed by atoms with E-state index in [0.717, 1.165) is 25.9 Å². The number of hydrogen-bond donors (Lipinski definition) is 2. The maximum absolute atomic E-state index is 12.1. The van der Waals surface area contributed by atoms with Gasteiger partial charge < -0.3 is 10.6 Å². The third-order valence-corrected chi connectivity index (χ3v) is 3.10. The topological polar surface area (TPSA) is 44.4 Å². The Kier molecular flexibility index (Phi) is 11.1. The molecule has 18 heavy (non-hydrogen) atoms. The Morgan fingerprint density at radius 3 is 2.33 bits per heavy atom. The summed E-state index contributed by atoms with van der Waals surface area (Å²) in [6, 6.07) is 0.282. The van der Waals surface area contributed by atoms with Crippen molar-refractivity contribution in [3.05, 3.63) is 0 Å². The quantitative estimate of drug-likeness (QED) is 0.822. The van der Waals surface area contributed by atoms with Crippen LogP contribution in [0.4, 0.5) is 0 Å². The van der Waals surface area contributed by atoms with Crippen LogP contribution in [0.25, 0.3) is 0 Å². The number of carbonyl (C=O) groups excluding carboxylic acids is 1. The zero-order valence-corrected chi connectivity index (χ0v) is 13.4. The van der Waals surface area contributed by atoms with Crippen molar-refractivity contribution in [2.75, 3.05) is 27.2 Å². The first kappa shape index (κ1) is 20.3. The molecule has 1 unspecified atom stereocenters. The second-order valence-corrected chi connectivity index (χ2v) is 5.20. The third kappa shape index (κ3) is 6.23. The van der Waals surface area contributed by atoms with Crippen molar-refractivity contribution in [3.63, 3.8) is 0 Å². The molecule has 0 aliphatic carbocycles. The number of nitrogens with one attached hydrogen (secondary N) is 2. The van der Waals surface area contributed by atoms with E-state index in [-0.39, 0.29) is 36.8 Å². The van der Waals surface area contributed by atoms with Gasteiger partial charge in [-0.1, -0.05) is 13.8 Å². The van der Waals surface area contributed by atoms with E-state index in [1.807, 2.05) is 19.0 Å². The van der Waals surface area contributed by atoms with E-state index >= 15 is 0 Å². The summed E-state index contributed by atoms with van der Waals surface area (Å²) in [5.41, 5.74) is 0. The molecule has 6 heteroatoms. The molecule has 0 aromatic carbocycles. The number of carbonyl (C=O) groups is 1. The largest absolute Gasteiger partial charge is 0.351 e. The van der Waals surface area contributed by atoms with Gasteiger partial charge in [-0.2, -0.15) is 0 Å². The molecule has 1 fully saturated rings. The Morgan fingerprint density at radius 1 is 1.33 bits per heavy atom. The Balaban J connectivity index is 0. The van der Waals surface area contributed by atoms with Crippen molar-refractivity contribution in [3.8, 4) is 0 Å². The predicted molar refractivity (Wildman–Crippen MR) is 80.8 cm³/mol. The lowest BCUT2D eigenvalue weighted by atomic mass is 10.0. The molecule has 0 radical (unpaired) electrons. The van der Waals surface area contributed by atoms with Gasteiger partial charge in [0.2, 0.25) is 5.91 Å². The molecule has 1 saturated heterocycles. The van der Waals surface area contributed by atoms with E-state index in [4.69, 9.17) is 0 Å². The molecule has 1 aliphatic heterocycles. The SMILES string of the molecule is CC(C)C(C(=O)N[C@H]1CCCNC1)N(C)C.Cl.Cl. The first-order chi connectivity index (χ1) is 7.52. The van der Waals surface area contributed by atoms with Crippen LogP contribution in [0.3, 0.4) is 0 Å². The molecular formula is C12H27Cl2N3O. The average Bonchev–Trinajstić information content (AvgIpc) is 2.17. The molecule has 1 rings (SSSR count). The molecule has 1 amide bonds. The van der Waals surface area contributed by atoms with Crippen LogP contribution >= 0.6 is 24.8 Å². The summed E-state index contributed by atoms with van der Waals surface area (Å²) < 4.78 is 0. The van der Waals surface area contributed by atoms with Crippen LogP contribution in [-0.2, 0) is 4.79 Å². The number of likely N-dealkylation sites (N-methyl/N-ethyl adjacent to an activating group) is 1.